The first-order valence-electron chi connectivity index (χ1n) is 12.2. The minimum Gasteiger partial charge on any atom is -0.456 e. The van der Waals surface area contributed by atoms with Gasteiger partial charge in [-0.25, -0.2) is 9.59 Å². The fourth-order valence-electron chi connectivity index (χ4n) is 3.31. The van der Waals surface area contributed by atoms with Gasteiger partial charge in [0.1, 0.15) is 41.7 Å². The van der Waals surface area contributed by atoms with Gasteiger partial charge in [-0.15, -0.1) is 0 Å². The normalized spacial score (nSPS) is 14.1. The van der Waals surface area contributed by atoms with Crippen LogP contribution in [0.15, 0.2) is 24.3 Å². The van der Waals surface area contributed by atoms with Crippen molar-refractivity contribution in [2.24, 2.45) is 0 Å². The van der Waals surface area contributed by atoms with Crippen molar-refractivity contribution in [3.8, 4) is 0 Å². The molecular weight excluding hydrogens is 1640 g/mol. The number of amides is 2. The molecule has 0 aromatic heterocycles. The van der Waals surface area contributed by atoms with E-state index in [0.717, 1.165) is 4.90 Å². The third-order valence-electron chi connectivity index (χ3n) is 5.18. The van der Waals surface area contributed by atoms with Crippen LogP contribution in [0.2, 0.25) is 0 Å². The van der Waals surface area contributed by atoms with Crippen LogP contribution in [0, 0.1) is 220 Å². The zero-order chi connectivity index (χ0) is 29.4. The standard InChI is InChI=1S/C26H42N2O10.5Ac/c1-25(2,3)37-23(35)16-10-8-15(9-11-16)12-17(27-24(36)38-26(4,5)6)22(34)28(7)13-18(30)20(32)21(33)19(31)14-29;;;;;/h8-11,17-21,29-33H,12-14H2,1-7H3,(H,27,36);;;;;/t17-,18-,19-,20-,21-;;;;;/m0...../s1. The smallest absolute Gasteiger partial charge is 0.408 e. The Kier molecular flexibility index (Phi) is 35.8. The Morgan fingerprint density at radius 1 is 0.791 bits per heavy atom. The van der Waals surface area contributed by atoms with Crippen LogP contribution in [0.1, 0.15) is 57.5 Å². The summed E-state index contributed by atoms with van der Waals surface area (Å²) in [6.07, 6.45) is -7.91. The minimum atomic E-state index is -1.86. The van der Waals surface area contributed by atoms with Crippen molar-refractivity contribution >= 4 is 18.0 Å². The maximum Gasteiger partial charge on any atom is 0.408 e. The largest absolute Gasteiger partial charge is 0.456 e. The van der Waals surface area contributed by atoms with E-state index in [4.69, 9.17) is 14.6 Å². The number of carbonyl (C=O) groups excluding carboxylic acids is 3. The predicted molar refractivity (Wildman–Crippen MR) is 137 cm³/mol. The molecule has 0 aliphatic heterocycles. The van der Waals surface area contributed by atoms with Crippen LogP contribution in [0.3, 0.4) is 0 Å². The van der Waals surface area contributed by atoms with E-state index in [1.54, 1.807) is 53.7 Å². The molecule has 0 heterocycles. The molecule has 0 saturated heterocycles. The molecule has 231 valence electrons. The van der Waals surface area contributed by atoms with E-state index in [1.807, 2.05) is 0 Å². The molecule has 2 amide bonds. The number of alkyl carbamates (subject to hydrolysis) is 1. The van der Waals surface area contributed by atoms with E-state index in [-0.39, 0.29) is 227 Å². The van der Waals surface area contributed by atoms with Crippen molar-refractivity contribution in [2.45, 2.75) is 89.6 Å². The van der Waals surface area contributed by atoms with Crippen LogP contribution in [0.4, 0.5) is 4.79 Å². The van der Waals surface area contributed by atoms with Gasteiger partial charge in [-0.3, -0.25) is 4.79 Å². The van der Waals surface area contributed by atoms with Gasteiger partial charge in [-0.2, -0.15) is 0 Å². The molecule has 1 aromatic carbocycles. The summed E-state index contributed by atoms with van der Waals surface area (Å²) in [5.74, 6) is -1.15. The zero-order valence-electron chi connectivity index (χ0n) is 25.9. The van der Waals surface area contributed by atoms with Gasteiger partial charge in [-0.1, -0.05) is 12.1 Å². The first-order valence-corrected chi connectivity index (χ1v) is 12.2. The molecule has 12 nitrogen and oxygen atoms in total. The van der Waals surface area contributed by atoms with Gasteiger partial charge < -0.3 is 45.2 Å². The summed E-state index contributed by atoms with van der Waals surface area (Å²) in [7, 11) is 1.32. The Morgan fingerprint density at radius 3 is 1.65 bits per heavy atom. The average molecular weight is 1680 g/mol. The Hall–Kier alpha value is 4.44. The fourth-order valence-corrected chi connectivity index (χ4v) is 3.31. The van der Waals surface area contributed by atoms with Crippen LogP contribution in [0.25, 0.3) is 0 Å². The minimum absolute atomic E-state index is 0. The van der Waals surface area contributed by atoms with Crippen molar-refractivity contribution in [1.82, 2.24) is 10.2 Å². The number of rotatable bonds is 11. The summed E-state index contributed by atoms with van der Waals surface area (Å²) in [4.78, 5) is 39.0. The topological polar surface area (TPSA) is 186 Å². The first-order chi connectivity index (χ1) is 17.3. The van der Waals surface area contributed by atoms with Gasteiger partial charge in [0.15, 0.2) is 0 Å². The molecule has 5 radical (unpaired) electrons. The Balaban J connectivity index is -0.000000963. The van der Waals surface area contributed by atoms with Gasteiger partial charge in [-0.05, 0) is 59.2 Å². The molecule has 0 aliphatic carbocycles. The maximum absolute atomic E-state index is 13.2. The number of ether oxygens (including phenoxy) is 2. The number of aliphatic hydroxyl groups is 5. The number of nitrogens with zero attached hydrogens (tertiary/aromatic N) is 1. The SMILES string of the molecule is CN(C[C@H](O)[C@H](O)[C@@H](O)[C@@H](O)CO)C(=O)[C@H](Cc1ccc(C(=O)OC(C)(C)C)cc1)NC(=O)OC(C)(C)C.[Ac].[Ac].[Ac].[Ac].[Ac]. The van der Waals surface area contributed by atoms with E-state index in [2.05, 4.69) is 5.32 Å². The summed E-state index contributed by atoms with van der Waals surface area (Å²) in [5.41, 5.74) is -0.589. The van der Waals surface area contributed by atoms with Crippen molar-refractivity contribution in [3.63, 3.8) is 0 Å². The van der Waals surface area contributed by atoms with E-state index in [0.29, 0.717) is 11.1 Å². The number of nitrogens with one attached hydrogen (secondary N) is 1. The number of likely N-dealkylation sites (N-methyl/N-ethyl adjacent to an activating group) is 1. The fraction of sp³-hybridized carbons (Fsp3) is 0.654. The Labute approximate surface area is 433 Å². The van der Waals surface area contributed by atoms with Crippen LogP contribution < -0.4 is 5.32 Å². The Morgan fingerprint density at radius 2 is 1.23 bits per heavy atom. The molecule has 1 aromatic rings. The van der Waals surface area contributed by atoms with E-state index < -0.39 is 72.8 Å². The summed E-state index contributed by atoms with van der Waals surface area (Å²) in [6.45, 7) is 8.94. The summed E-state index contributed by atoms with van der Waals surface area (Å²) >= 11 is 0. The zero-order valence-corrected chi connectivity index (χ0v) is 49.7. The summed E-state index contributed by atoms with van der Waals surface area (Å²) in [6, 6.07) is 5.15. The van der Waals surface area contributed by atoms with E-state index >= 15 is 0 Å². The number of carbonyl (C=O) groups is 3. The van der Waals surface area contributed by atoms with Crippen molar-refractivity contribution < 1.29 is 270 Å². The van der Waals surface area contributed by atoms with Gasteiger partial charge >= 0.3 is 12.1 Å². The molecule has 5 atom stereocenters. The van der Waals surface area contributed by atoms with Gasteiger partial charge in [0.05, 0.1) is 12.2 Å². The molecule has 0 saturated carbocycles. The summed E-state index contributed by atoms with van der Waals surface area (Å²) < 4.78 is 10.6. The van der Waals surface area contributed by atoms with Gasteiger partial charge in [0.25, 0.3) is 0 Å². The third-order valence-corrected chi connectivity index (χ3v) is 5.18. The second-order valence-electron chi connectivity index (χ2n) is 11.1. The van der Waals surface area contributed by atoms with Gasteiger partial charge in [0, 0.05) is 240 Å². The third kappa shape index (κ3) is 23.5. The number of aliphatic hydroxyl groups excluding tert-OH is 5. The second kappa shape index (κ2) is 27.1. The number of hydrogen-bond donors (Lipinski definition) is 6. The van der Waals surface area contributed by atoms with Crippen molar-refractivity contribution in [1.29, 1.82) is 0 Å². The second-order valence-corrected chi connectivity index (χ2v) is 11.1. The van der Waals surface area contributed by atoms with Crippen molar-refractivity contribution in [2.75, 3.05) is 20.2 Å². The average Bonchev–Trinajstić information content (AvgIpc) is 2.79. The number of esters is 1. The predicted octanol–water partition coefficient (Wildman–Crippen LogP) is -0.0280. The molecule has 0 bridgehead atoms. The molecular formula is C26H42Ac5N2O10. The van der Waals surface area contributed by atoms with Gasteiger partial charge in [0.2, 0.25) is 5.91 Å². The maximum atomic E-state index is 13.2. The molecule has 17 heteroatoms. The van der Waals surface area contributed by atoms with E-state index in [9.17, 15) is 34.8 Å². The molecule has 0 aliphatic rings. The summed E-state index contributed by atoms with van der Waals surface area (Å²) in [5, 5.41) is 51.1. The number of hydrogen-bond acceptors (Lipinski definition) is 10. The first kappa shape index (κ1) is 56.8. The molecule has 0 spiro atoms. The molecule has 0 unspecified atom stereocenters. The Bertz CT molecular complexity index is 946. The van der Waals surface area contributed by atoms with E-state index in [1.165, 1.54) is 19.2 Å². The molecule has 6 N–H and O–H groups in total. The molecule has 1 rings (SSSR count). The van der Waals surface area contributed by atoms with Crippen molar-refractivity contribution in [3.05, 3.63) is 35.4 Å². The van der Waals surface area contributed by atoms with Crippen LogP contribution in [0.5, 0.6) is 0 Å². The quantitative estimate of drug-likeness (QED) is 0.165. The monoisotopic (exact) mass is 1680 g/mol. The number of benzene rings is 1. The van der Waals surface area contributed by atoms with Crippen LogP contribution in [-0.2, 0) is 20.7 Å². The van der Waals surface area contributed by atoms with Crippen LogP contribution in [-0.4, -0.2) is 110 Å². The van der Waals surface area contributed by atoms with Crippen LogP contribution >= 0.6 is 0 Å². The molecule has 43 heavy (non-hydrogen) atoms. The molecule has 0 fully saturated rings.